The topological polar surface area (TPSA) is 77.7 Å². The molecule has 7 rings (SSSR count). The van der Waals surface area contributed by atoms with Crippen molar-refractivity contribution < 1.29 is 14.3 Å². The van der Waals surface area contributed by atoms with Crippen LogP contribution in [0.15, 0.2) is 113 Å². The summed E-state index contributed by atoms with van der Waals surface area (Å²) in [6, 6.07) is 33.5. The predicted molar refractivity (Wildman–Crippen MR) is 171 cm³/mol. The monoisotopic (exact) mass is 587 g/mol. The van der Waals surface area contributed by atoms with E-state index in [-0.39, 0.29) is 5.91 Å². The summed E-state index contributed by atoms with van der Waals surface area (Å²) < 4.78 is 11.3. The van der Waals surface area contributed by atoms with Crippen molar-refractivity contribution in [2.45, 2.75) is 9.79 Å². The first kappa shape index (κ1) is 26.1. The van der Waals surface area contributed by atoms with Crippen LogP contribution in [0.4, 0.5) is 17.1 Å². The van der Waals surface area contributed by atoms with Crippen molar-refractivity contribution >= 4 is 56.3 Å². The average Bonchev–Trinajstić information content (AvgIpc) is 3.39. The van der Waals surface area contributed by atoms with Gasteiger partial charge in [0.05, 0.1) is 37.0 Å². The molecule has 42 heavy (non-hydrogen) atoms. The number of hydrogen-bond donors (Lipinski definition) is 1. The van der Waals surface area contributed by atoms with Gasteiger partial charge in [0.25, 0.3) is 5.91 Å². The van der Waals surface area contributed by atoms with E-state index in [1.165, 1.54) is 11.3 Å². The van der Waals surface area contributed by atoms with Gasteiger partial charge in [0.15, 0.2) is 0 Å². The molecule has 0 saturated carbocycles. The molecule has 0 unspecified atom stereocenters. The molecule has 4 aromatic carbocycles. The predicted octanol–water partition coefficient (Wildman–Crippen LogP) is 8.67. The first-order valence-electron chi connectivity index (χ1n) is 13.3. The number of thiophene rings is 1. The minimum atomic E-state index is -0.194. The smallest absolute Gasteiger partial charge is 0.275 e. The van der Waals surface area contributed by atoms with Crippen molar-refractivity contribution in [3.05, 3.63) is 108 Å². The highest BCUT2D eigenvalue weighted by atomic mass is 32.2. The number of rotatable bonds is 5. The Labute approximate surface area is 251 Å². The first-order chi connectivity index (χ1) is 20.6. The molecule has 0 saturated heterocycles. The molecule has 6 nitrogen and oxygen atoms in total. The molecule has 1 aliphatic heterocycles. The van der Waals surface area contributed by atoms with E-state index >= 15 is 0 Å². The van der Waals surface area contributed by atoms with Crippen LogP contribution >= 0.6 is 23.1 Å². The summed E-state index contributed by atoms with van der Waals surface area (Å²) in [6.07, 6.45) is 0. The standard InChI is InChI=1S/C34H25N3O3S2/c1-39-21-16-17-27(40-2)22(18-21)23-19-24(20-10-4-3-5-11-20)36-33-30(23)31(35)32(42-33)34(38)37-25-12-6-8-14-28(25)41-29-15-9-7-13-26(29)37/h3-19H,35H2,1-2H3. The lowest BCUT2D eigenvalue weighted by Crippen LogP contribution is -2.28. The maximum atomic E-state index is 14.5. The maximum Gasteiger partial charge on any atom is 0.275 e. The number of carbonyl (C=O) groups excluding carboxylic acids is 1. The number of hydrogen-bond acceptors (Lipinski definition) is 7. The highest BCUT2D eigenvalue weighted by Crippen LogP contribution is 2.50. The maximum absolute atomic E-state index is 14.5. The quantitative estimate of drug-likeness (QED) is 0.217. The largest absolute Gasteiger partial charge is 0.497 e. The van der Waals surface area contributed by atoms with Crippen LogP contribution in [-0.4, -0.2) is 25.1 Å². The van der Waals surface area contributed by atoms with Gasteiger partial charge in [0.1, 0.15) is 21.2 Å². The second-order valence-corrected chi connectivity index (χ2v) is 11.8. The van der Waals surface area contributed by atoms with Gasteiger partial charge in [0, 0.05) is 31.9 Å². The van der Waals surface area contributed by atoms with Crippen LogP contribution < -0.4 is 20.1 Å². The summed E-state index contributed by atoms with van der Waals surface area (Å²) in [5.74, 6) is 1.15. The third-order valence-electron chi connectivity index (χ3n) is 7.29. The Balaban J connectivity index is 1.48. The molecule has 1 amide bonds. The van der Waals surface area contributed by atoms with Crippen LogP contribution in [0, 0.1) is 0 Å². The molecule has 3 heterocycles. The van der Waals surface area contributed by atoms with E-state index in [4.69, 9.17) is 20.2 Å². The molecule has 0 bridgehead atoms. The number of pyridine rings is 1. The van der Waals surface area contributed by atoms with Crippen molar-refractivity contribution in [2.75, 3.05) is 24.9 Å². The number of methoxy groups -OCH3 is 2. The number of nitrogens with two attached hydrogens (primary N) is 1. The Kier molecular flexibility index (Phi) is 6.57. The van der Waals surface area contributed by atoms with Gasteiger partial charge in [0.2, 0.25) is 0 Å². The van der Waals surface area contributed by atoms with Gasteiger partial charge in [-0.3, -0.25) is 9.69 Å². The zero-order chi connectivity index (χ0) is 28.8. The number of nitrogen functional groups attached to an aromatic ring is 1. The fraction of sp³-hybridized carbons (Fsp3) is 0.0588. The van der Waals surface area contributed by atoms with Crippen LogP contribution in [0.1, 0.15) is 9.67 Å². The van der Waals surface area contributed by atoms with E-state index in [9.17, 15) is 4.79 Å². The number of para-hydroxylation sites is 2. The summed E-state index contributed by atoms with van der Waals surface area (Å²) >= 11 is 2.96. The van der Waals surface area contributed by atoms with Crippen LogP contribution in [-0.2, 0) is 0 Å². The molecule has 0 radical (unpaired) electrons. The molecule has 0 fully saturated rings. The second kappa shape index (κ2) is 10.6. The number of nitrogens with zero attached hydrogens (tertiary/aromatic N) is 2. The third-order valence-corrected chi connectivity index (χ3v) is 9.51. The molecule has 206 valence electrons. The van der Waals surface area contributed by atoms with Crippen LogP contribution in [0.5, 0.6) is 11.5 Å². The lowest BCUT2D eigenvalue weighted by molar-refractivity contribution is 0.100. The van der Waals surface area contributed by atoms with Crippen molar-refractivity contribution in [3.8, 4) is 33.9 Å². The zero-order valence-electron chi connectivity index (χ0n) is 22.8. The average molecular weight is 588 g/mol. The van der Waals surface area contributed by atoms with Gasteiger partial charge in [-0.1, -0.05) is 66.4 Å². The Morgan fingerprint density at radius 2 is 1.45 bits per heavy atom. The molecule has 0 aliphatic carbocycles. The molecule has 0 spiro atoms. The molecule has 8 heteroatoms. The second-order valence-electron chi connectivity index (χ2n) is 9.69. The summed E-state index contributed by atoms with van der Waals surface area (Å²) in [5, 5.41) is 0.711. The lowest BCUT2D eigenvalue weighted by atomic mass is 9.98. The Hall–Kier alpha value is -4.79. The van der Waals surface area contributed by atoms with E-state index in [1.807, 2.05) is 103 Å². The molecule has 0 atom stereocenters. The SMILES string of the molecule is COc1ccc(OC)c(-c2cc(-c3ccccc3)nc3sc(C(=O)N4c5ccccc5Sc5ccccc54)c(N)c23)c1. The highest BCUT2D eigenvalue weighted by Gasteiger charge is 2.32. The number of amides is 1. The number of anilines is 3. The number of fused-ring (bicyclic) bond motifs is 3. The van der Waals surface area contributed by atoms with Crippen molar-refractivity contribution in [1.82, 2.24) is 4.98 Å². The number of benzene rings is 4. The first-order valence-corrected chi connectivity index (χ1v) is 14.9. The Morgan fingerprint density at radius 3 is 2.12 bits per heavy atom. The van der Waals surface area contributed by atoms with E-state index in [1.54, 1.807) is 30.9 Å². The lowest BCUT2D eigenvalue weighted by Gasteiger charge is -2.30. The zero-order valence-corrected chi connectivity index (χ0v) is 24.5. The van der Waals surface area contributed by atoms with Crippen molar-refractivity contribution in [1.29, 1.82) is 0 Å². The minimum absolute atomic E-state index is 0.194. The highest BCUT2D eigenvalue weighted by molar-refractivity contribution is 7.99. The van der Waals surface area contributed by atoms with E-state index in [2.05, 4.69) is 0 Å². The summed E-state index contributed by atoms with van der Waals surface area (Å²) in [4.78, 5) is 24.4. The third kappa shape index (κ3) is 4.27. The van der Waals surface area contributed by atoms with Crippen molar-refractivity contribution in [3.63, 3.8) is 0 Å². The number of aromatic nitrogens is 1. The summed E-state index contributed by atoms with van der Waals surface area (Å²) in [5.41, 5.74) is 12.3. The van der Waals surface area contributed by atoms with Gasteiger partial charge < -0.3 is 15.2 Å². The van der Waals surface area contributed by atoms with Gasteiger partial charge in [-0.25, -0.2) is 4.98 Å². The fourth-order valence-electron chi connectivity index (χ4n) is 5.30. The van der Waals surface area contributed by atoms with E-state index < -0.39 is 0 Å². The number of carbonyl (C=O) groups is 1. The molecule has 2 N–H and O–H groups in total. The summed E-state index contributed by atoms with van der Waals surface area (Å²) in [7, 11) is 3.27. The van der Waals surface area contributed by atoms with Crippen LogP contribution in [0.2, 0.25) is 0 Å². The van der Waals surface area contributed by atoms with Gasteiger partial charge in [-0.15, -0.1) is 11.3 Å². The van der Waals surface area contributed by atoms with Crippen LogP contribution in [0.3, 0.4) is 0 Å². The molecule has 1 aliphatic rings. The van der Waals surface area contributed by atoms with Crippen LogP contribution in [0.25, 0.3) is 32.6 Å². The fourth-order valence-corrected chi connectivity index (χ4v) is 7.41. The number of ether oxygens (including phenoxy) is 2. The van der Waals surface area contributed by atoms with Gasteiger partial charge in [-0.2, -0.15) is 0 Å². The molecular formula is C34H25N3O3S2. The summed E-state index contributed by atoms with van der Waals surface area (Å²) in [6.45, 7) is 0. The van der Waals surface area contributed by atoms with Gasteiger partial charge in [-0.05, 0) is 48.5 Å². The van der Waals surface area contributed by atoms with E-state index in [0.29, 0.717) is 32.3 Å². The van der Waals surface area contributed by atoms with E-state index in [0.717, 1.165) is 43.6 Å². The molecular weight excluding hydrogens is 563 g/mol. The Bertz CT molecular complexity index is 1940. The Morgan fingerprint density at radius 1 is 0.786 bits per heavy atom. The molecule has 6 aromatic rings. The minimum Gasteiger partial charge on any atom is -0.497 e. The normalized spacial score (nSPS) is 12.1. The van der Waals surface area contributed by atoms with Gasteiger partial charge >= 0.3 is 0 Å². The van der Waals surface area contributed by atoms with Crippen molar-refractivity contribution in [2.24, 2.45) is 0 Å². The molecule has 2 aromatic heterocycles.